The number of hydrogen-bond donors (Lipinski definition) is 1. The lowest BCUT2D eigenvalue weighted by atomic mass is 10.1. The molecule has 2 aromatic carbocycles. The topological polar surface area (TPSA) is 49.4 Å². The van der Waals surface area contributed by atoms with Crippen LogP contribution in [0.1, 0.15) is 6.42 Å². The number of para-hydroxylation sites is 1. The summed E-state index contributed by atoms with van der Waals surface area (Å²) >= 11 is 5.96. The molecule has 0 radical (unpaired) electrons. The number of halogens is 1. The van der Waals surface area contributed by atoms with Gasteiger partial charge in [-0.3, -0.25) is 9.59 Å². The third-order valence-corrected chi connectivity index (χ3v) is 3.92. The van der Waals surface area contributed by atoms with Crippen molar-refractivity contribution in [3.05, 3.63) is 59.6 Å². The summed E-state index contributed by atoms with van der Waals surface area (Å²) in [5, 5.41) is 3.36. The van der Waals surface area contributed by atoms with Crippen molar-refractivity contribution in [3.63, 3.8) is 0 Å². The van der Waals surface area contributed by atoms with Crippen LogP contribution in [0.5, 0.6) is 0 Å². The minimum absolute atomic E-state index is 0.185. The lowest BCUT2D eigenvalue weighted by molar-refractivity contribution is -0.129. The van der Waals surface area contributed by atoms with E-state index in [-0.39, 0.29) is 11.8 Å². The Hall–Kier alpha value is -2.33. The van der Waals surface area contributed by atoms with E-state index in [0.717, 1.165) is 5.69 Å². The third-order valence-electron chi connectivity index (χ3n) is 3.68. The number of nitrogens with one attached hydrogen (secondary N) is 1. The minimum Gasteiger partial charge on any atom is -0.325 e. The van der Waals surface area contributed by atoms with Crippen LogP contribution in [0.2, 0.25) is 5.02 Å². The summed E-state index contributed by atoms with van der Waals surface area (Å²) in [5.41, 5.74) is 1.43. The van der Waals surface area contributed by atoms with Crippen LogP contribution in [-0.4, -0.2) is 18.4 Å². The monoisotopic (exact) mass is 314 g/mol. The lowest BCUT2D eigenvalue weighted by Gasteiger charge is -2.17. The van der Waals surface area contributed by atoms with Crippen LogP contribution in [0, 0.1) is 5.92 Å². The Bertz CT molecular complexity index is 703. The fourth-order valence-corrected chi connectivity index (χ4v) is 2.76. The maximum absolute atomic E-state index is 12.5. The summed E-state index contributed by atoms with van der Waals surface area (Å²) < 4.78 is 0. The smallest absolute Gasteiger partial charge is 0.239 e. The van der Waals surface area contributed by atoms with Crippen LogP contribution < -0.4 is 10.2 Å². The summed E-state index contributed by atoms with van der Waals surface area (Å²) in [6.07, 6.45) is 0.504. The Kier molecular flexibility index (Phi) is 4.11. The zero-order valence-electron chi connectivity index (χ0n) is 11.8. The van der Waals surface area contributed by atoms with Crippen molar-refractivity contribution in [1.29, 1.82) is 0 Å². The number of carbonyl (C=O) groups is 2. The van der Waals surface area contributed by atoms with Crippen LogP contribution in [0.25, 0.3) is 0 Å². The molecule has 2 amide bonds. The van der Waals surface area contributed by atoms with E-state index >= 15 is 0 Å². The van der Waals surface area contributed by atoms with Crippen molar-refractivity contribution in [2.75, 3.05) is 16.8 Å². The Balaban J connectivity index is 1.72. The zero-order valence-corrected chi connectivity index (χ0v) is 12.6. The molecule has 22 heavy (non-hydrogen) atoms. The molecule has 0 aromatic heterocycles. The SMILES string of the molecule is O=C(Nc1ccccc1)C1CCN(c2cccc(Cl)c2)C1=O. The highest BCUT2D eigenvalue weighted by molar-refractivity contribution is 6.31. The molecule has 1 fully saturated rings. The highest BCUT2D eigenvalue weighted by atomic mass is 35.5. The van der Waals surface area contributed by atoms with Gasteiger partial charge in [0.05, 0.1) is 0 Å². The normalized spacial score (nSPS) is 17.6. The van der Waals surface area contributed by atoms with Gasteiger partial charge in [-0.25, -0.2) is 0 Å². The molecule has 1 atom stereocenters. The number of hydrogen-bond acceptors (Lipinski definition) is 2. The largest absolute Gasteiger partial charge is 0.325 e. The lowest BCUT2D eigenvalue weighted by Crippen LogP contribution is -2.33. The predicted molar refractivity (Wildman–Crippen MR) is 87.0 cm³/mol. The molecule has 5 heteroatoms. The molecule has 0 bridgehead atoms. The molecule has 1 unspecified atom stereocenters. The molecule has 3 rings (SSSR count). The average molecular weight is 315 g/mol. The number of rotatable bonds is 3. The highest BCUT2D eigenvalue weighted by Gasteiger charge is 2.37. The van der Waals surface area contributed by atoms with E-state index in [1.54, 1.807) is 35.2 Å². The third kappa shape index (κ3) is 2.97. The summed E-state index contributed by atoms with van der Waals surface area (Å²) in [6.45, 7) is 0.520. The van der Waals surface area contributed by atoms with Crippen molar-refractivity contribution >= 4 is 34.8 Å². The first-order valence-corrected chi connectivity index (χ1v) is 7.46. The van der Waals surface area contributed by atoms with Crippen LogP contribution in [0.3, 0.4) is 0 Å². The number of amides is 2. The molecule has 1 aliphatic rings. The van der Waals surface area contributed by atoms with Crippen molar-refractivity contribution in [2.45, 2.75) is 6.42 Å². The molecule has 1 saturated heterocycles. The number of carbonyl (C=O) groups excluding carboxylic acids is 2. The van der Waals surface area contributed by atoms with E-state index in [1.807, 2.05) is 24.3 Å². The summed E-state index contributed by atoms with van der Waals surface area (Å²) in [4.78, 5) is 26.4. The first-order chi connectivity index (χ1) is 10.6. The van der Waals surface area contributed by atoms with E-state index in [4.69, 9.17) is 11.6 Å². The molecule has 112 valence electrons. The highest BCUT2D eigenvalue weighted by Crippen LogP contribution is 2.28. The fourth-order valence-electron chi connectivity index (χ4n) is 2.57. The first-order valence-electron chi connectivity index (χ1n) is 7.08. The van der Waals surface area contributed by atoms with Gasteiger partial charge in [0.1, 0.15) is 5.92 Å². The van der Waals surface area contributed by atoms with Crippen LogP contribution >= 0.6 is 11.6 Å². The van der Waals surface area contributed by atoms with Gasteiger partial charge in [0.25, 0.3) is 0 Å². The molecule has 2 aromatic rings. The molecular weight excluding hydrogens is 300 g/mol. The van der Waals surface area contributed by atoms with Gasteiger partial charge in [-0.1, -0.05) is 35.9 Å². The first kappa shape index (κ1) is 14.6. The van der Waals surface area contributed by atoms with E-state index < -0.39 is 5.92 Å². The van der Waals surface area contributed by atoms with E-state index in [0.29, 0.717) is 23.7 Å². The van der Waals surface area contributed by atoms with Gasteiger partial charge in [0, 0.05) is 22.9 Å². The molecular formula is C17H15ClN2O2. The molecule has 1 heterocycles. The second-order valence-electron chi connectivity index (χ2n) is 5.17. The quantitative estimate of drug-likeness (QED) is 0.883. The van der Waals surface area contributed by atoms with E-state index in [1.165, 1.54) is 0 Å². The van der Waals surface area contributed by atoms with Gasteiger partial charge in [0.2, 0.25) is 11.8 Å². The maximum Gasteiger partial charge on any atom is 0.239 e. The molecule has 1 N–H and O–H groups in total. The minimum atomic E-state index is -0.654. The second-order valence-corrected chi connectivity index (χ2v) is 5.60. The summed E-state index contributed by atoms with van der Waals surface area (Å²) in [7, 11) is 0. The molecule has 1 aliphatic heterocycles. The summed E-state index contributed by atoms with van der Waals surface area (Å²) in [6, 6.07) is 16.2. The number of anilines is 2. The van der Waals surface area contributed by atoms with Crippen molar-refractivity contribution in [1.82, 2.24) is 0 Å². The van der Waals surface area contributed by atoms with Crippen molar-refractivity contribution < 1.29 is 9.59 Å². The van der Waals surface area contributed by atoms with Gasteiger partial charge < -0.3 is 10.2 Å². The molecule has 0 aliphatic carbocycles. The zero-order chi connectivity index (χ0) is 15.5. The molecule has 0 spiro atoms. The molecule has 4 nitrogen and oxygen atoms in total. The van der Waals surface area contributed by atoms with Gasteiger partial charge >= 0.3 is 0 Å². The van der Waals surface area contributed by atoms with Gasteiger partial charge in [0.15, 0.2) is 0 Å². The Morgan fingerprint density at radius 3 is 2.64 bits per heavy atom. The number of benzene rings is 2. The van der Waals surface area contributed by atoms with E-state index in [9.17, 15) is 9.59 Å². The van der Waals surface area contributed by atoms with Crippen molar-refractivity contribution in [3.8, 4) is 0 Å². The number of nitrogens with zero attached hydrogens (tertiary/aromatic N) is 1. The van der Waals surface area contributed by atoms with Crippen LogP contribution in [-0.2, 0) is 9.59 Å². The molecule has 0 saturated carbocycles. The van der Waals surface area contributed by atoms with Gasteiger partial charge in [-0.2, -0.15) is 0 Å². The average Bonchev–Trinajstić information content (AvgIpc) is 2.90. The predicted octanol–water partition coefficient (Wildman–Crippen LogP) is 3.33. The summed E-state index contributed by atoms with van der Waals surface area (Å²) in [5.74, 6) is -1.10. The van der Waals surface area contributed by atoms with Crippen LogP contribution in [0.15, 0.2) is 54.6 Å². The standard InChI is InChI=1S/C17H15ClN2O2/c18-12-5-4-8-14(11-12)20-10-9-15(17(20)22)16(21)19-13-6-2-1-3-7-13/h1-8,11,15H,9-10H2,(H,19,21). The Labute approximate surface area is 133 Å². The van der Waals surface area contributed by atoms with Crippen LogP contribution in [0.4, 0.5) is 11.4 Å². The van der Waals surface area contributed by atoms with Gasteiger partial charge in [-0.15, -0.1) is 0 Å². The van der Waals surface area contributed by atoms with Crippen molar-refractivity contribution in [2.24, 2.45) is 5.92 Å². The fraction of sp³-hybridized carbons (Fsp3) is 0.176. The maximum atomic E-state index is 12.5. The van der Waals surface area contributed by atoms with E-state index in [2.05, 4.69) is 5.32 Å². The second kappa shape index (κ2) is 6.20. The Morgan fingerprint density at radius 2 is 1.91 bits per heavy atom. The van der Waals surface area contributed by atoms with Gasteiger partial charge in [-0.05, 0) is 36.8 Å². The Morgan fingerprint density at radius 1 is 1.14 bits per heavy atom.